The number of nitrogens with one attached hydrogen (secondary N) is 1. The van der Waals surface area contributed by atoms with Gasteiger partial charge in [0, 0.05) is 17.3 Å². The maximum atomic E-state index is 13.2. The van der Waals surface area contributed by atoms with Gasteiger partial charge in [0.25, 0.3) is 5.91 Å². The van der Waals surface area contributed by atoms with Crippen molar-refractivity contribution in [2.45, 2.75) is 13.2 Å². The van der Waals surface area contributed by atoms with E-state index in [0.29, 0.717) is 34.5 Å². The summed E-state index contributed by atoms with van der Waals surface area (Å²) in [5, 5.41) is 9.54. The second-order valence-corrected chi connectivity index (χ2v) is 8.06. The maximum absolute atomic E-state index is 13.2. The Morgan fingerprint density at radius 2 is 1.88 bits per heavy atom. The zero-order valence-corrected chi connectivity index (χ0v) is 18.6. The molecule has 0 atom stereocenters. The molecule has 170 valence electrons. The first kappa shape index (κ1) is 21.7. The van der Waals surface area contributed by atoms with Gasteiger partial charge in [-0.05, 0) is 52.7 Å². The summed E-state index contributed by atoms with van der Waals surface area (Å²) in [6, 6.07) is 23.0. The molecule has 5 aromatic rings. The van der Waals surface area contributed by atoms with Crippen molar-refractivity contribution in [1.29, 1.82) is 0 Å². The SMILES string of the molecule is O=C(Nc1ccn(Cc2ccc(F)cc2Cl)n1)c1ccc(COc2ccc3ccccc3c2)o1. The van der Waals surface area contributed by atoms with Gasteiger partial charge in [-0.1, -0.05) is 48.0 Å². The molecule has 1 amide bonds. The Morgan fingerprint density at radius 1 is 1.03 bits per heavy atom. The molecule has 5 rings (SSSR count). The van der Waals surface area contributed by atoms with Crippen molar-refractivity contribution in [3.05, 3.63) is 113 Å². The average molecular weight is 476 g/mol. The minimum atomic E-state index is -0.429. The maximum Gasteiger partial charge on any atom is 0.292 e. The van der Waals surface area contributed by atoms with Gasteiger partial charge in [0.1, 0.15) is 23.9 Å². The second-order valence-electron chi connectivity index (χ2n) is 7.65. The number of hydrogen-bond acceptors (Lipinski definition) is 4. The monoisotopic (exact) mass is 475 g/mol. The van der Waals surface area contributed by atoms with Crippen LogP contribution >= 0.6 is 11.6 Å². The van der Waals surface area contributed by atoms with Crippen molar-refractivity contribution in [1.82, 2.24) is 9.78 Å². The summed E-state index contributed by atoms with van der Waals surface area (Å²) in [7, 11) is 0. The van der Waals surface area contributed by atoms with Crippen molar-refractivity contribution >= 4 is 34.1 Å². The van der Waals surface area contributed by atoms with Crippen molar-refractivity contribution in [2.75, 3.05) is 5.32 Å². The summed E-state index contributed by atoms with van der Waals surface area (Å²) >= 11 is 6.07. The Balaban J connectivity index is 1.18. The molecule has 0 aliphatic carbocycles. The van der Waals surface area contributed by atoms with Gasteiger partial charge in [-0.3, -0.25) is 9.48 Å². The van der Waals surface area contributed by atoms with Crippen LogP contribution in [0.25, 0.3) is 10.8 Å². The number of amides is 1. The van der Waals surface area contributed by atoms with E-state index >= 15 is 0 Å². The minimum absolute atomic E-state index is 0.147. The van der Waals surface area contributed by atoms with Gasteiger partial charge in [-0.15, -0.1) is 0 Å². The van der Waals surface area contributed by atoms with E-state index < -0.39 is 11.7 Å². The van der Waals surface area contributed by atoms with Crippen LogP contribution in [0.2, 0.25) is 5.02 Å². The molecule has 0 unspecified atom stereocenters. The fourth-order valence-electron chi connectivity index (χ4n) is 3.51. The van der Waals surface area contributed by atoms with Crippen molar-refractivity contribution < 1.29 is 18.3 Å². The number of aromatic nitrogens is 2. The summed E-state index contributed by atoms with van der Waals surface area (Å²) in [4.78, 5) is 12.5. The van der Waals surface area contributed by atoms with Crippen LogP contribution in [0.5, 0.6) is 5.75 Å². The molecule has 0 saturated heterocycles. The van der Waals surface area contributed by atoms with E-state index in [1.807, 2.05) is 42.5 Å². The molecule has 1 N–H and O–H groups in total. The van der Waals surface area contributed by atoms with Crippen LogP contribution in [-0.2, 0) is 13.2 Å². The minimum Gasteiger partial charge on any atom is -0.486 e. The molecule has 0 spiro atoms. The Morgan fingerprint density at radius 3 is 2.74 bits per heavy atom. The first-order chi connectivity index (χ1) is 16.5. The van der Waals surface area contributed by atoms with Crippen molar-refractivity contribution in [3.63, 3.8) is 0 Å². The zero-order chi connectivity index (χ0) is 23.5. The van der Waals surface area contributed by atoms with Crippen LogP contribution in [0.15, 0.2) is 89.5 Å². The molecular formula is C26H19ClFN3O3. The van der Waals surface area contributed by atoms with Crippen molar-refractivity contribution in [2.24, 2.45) is 0 Å². The van der Waals surface area contributed by atoms with Crippen LogP contribution in [0.4, 0.5) is 10.2 Å². The average Bonchev–Trinajstić information content (AvgIpc) is 3.49. The Labute approximate surface area is 199 Å². The van der Waals surface area contributed by atoms with Gasteiger partial charge < -0.3 is 14.5 Å². The lowest BCUT2D eigenvalue weighted by atomic mass is 10.1. The van der Waals surface area contributed by atoms with Crippen LogP contribution in [0.1, 0.15) is 21.9 Å². The molecule has 0 fully saturated rings. The molecule has 0 aliphatic heterocycles. The van der Waals surface area contributed by atoms with Gasteiger partial charge in [0.2, 0.25) is 0 Å². The van der Waals surface area contributed by atoms with Gasteiger partial charge >= 0.3 is 0 Å². The zero-order valence-electron chi connectivity index (χ0n) is 17.9. The third-order valence-corrected chi connectivity index (χ3v) is 5.57. The predicted molar refractivity (Wildman–Crippen MR) is 128 cm³/mol. The molecular weight excluding hydrogens is 457 g/mol. The van der Waals surface area contributed by atoms with Crippen LogP contribution < -0.4 is 10.1 Å². The number of fused-ring (bicyclic) bond motifs is 1. The van der Waals surface area contributed by atoms with E-state index in [-0.39, 0.29) is 12.4 Å². The lowest BCUT2D eigenvalue weighted by Gasteiger charge is -2.06. The molecule has 0 bridgehead atoms. The van der Waals surface area contributed by atoms with E-state index in [1.165, 1.54) is 12.1 Å². The predicted octanol–water partition coefficient (Wildman–Crippen LogP) is 6.30. The molecule has 6 nitrogen and oxygen atoms in total. The Bertz CT molecular complexity index is 1480. The van der Waals surface area contributed by atoms with Gasteiger partial charge in [-0.2, -0.15) is 5.10 Å². The third-order valence-electron chi connectivity index (χ3n) is 5.22. The smallest absolute Gasteiger partial charge is 0.292 e. The number of halogens is 2. The van der Waals surface area contributed by atoms with Gasteiger partial charge in [0.15, 0.2) is 11.6 Å². The Hall–Kier alpha value is -4.10. The first-order valence-electron chi connectivity index (χ1n) is 10.5. The van der Waals surface area contributed by atoms with Crippen LogP contribution in [0.3, 0.4) is 0 Å². The van der Waals surface area contributed by atoms with Crippen molar-refractivity contribution in [3.8, 4) is 5.75 Å². The number of carbonyl (C=O) groups is 1. The summed E-state index contributed by atoms with van der Waals surface area (Å²) in [5.41, 5.74) is 0.714. The molecule has 34 heavy (non-hydrogen) atoms. The van der Waals surface area contributed by atoms with E-state index in [1.54, 1.807) is 35.1 Å². The quantitative estimate of drug-likeness (QED) is 0.300. The topological polar surface area (TPSA) is 69.3 Å². The van der Waals surface area contributed by atoms with E-state index in [2.05, 4.69) is 10.4 Å². The molecule has 3 aromatic carbocycles. The second kappa shape index (κ2) is 9.41. The number of rotatable bonds is 7. The summed E-state index contributed by atoms with van der Waals surface area (Å²) in [5.74, 6) is 0.911. The summed E-state index contributed by atoms with van der Waals surface area (Å²) < 4.78 is 26.3. The normalized spacial score (nSPS) is 11.0. The largest absolute Gasteiger partial charge is 0.486 e. The Kier molecular flexibility index (Phi) is 6.01. The number of carbonyl (C=O) groups excluding carboxylic acids is 1. The molecule has 0 aliphatic rings. The van der Waals surface area contributed by atoms with E-state index in [9.17, 15) is 9.18 Å². The number of hydrogen-bond donors (Lipinski definition) is 1. The van der Waals surface area contributed by atoms with Crippen LogP contribution in [0, 0.1) is 5.82 Å². The number of nitrogens with zero attached hydrogens (tertiary/aromatic N) is 2. The summed E-state index contributed by atoms with van der Waals surface area (Å²) in [6.07, 6.45) is 1.69. The molecule has 2 aromatic heterocycles. The number of ether oxygens (including phenoxy) is 1. The number of furan rings is 1. The fraction of sp³-hybridized carbons (Fsp3) is 0.0769. The van der Waals surface area contributed by atoms with Crippen LogP contribution in [-0.4, -0.2) is 15.7 Å². The molecule has 2 heterocycles. The van der Waals surface area contributed by atoms with E-state index in [0.717, 1.165) is 10.8 Å². The summed E-state index contributed by atoms with van der Waals surface area (Å²) in [6.45, 7) is 0.532. The molecule has 0 radical (unpaired) electrons. The highest BCUT2D eigenvalue weighted by atomic mass is 35.5. The van der Waals surface area contributed by atoms with Gasteiger partial charge in [-0.25, -0.2) is 4.39 Å². The molecule has 8 heteroatoms. The first-order valence-corrected chi connectivity index (χ1v) is 10.9. The molecule has 0 saturated carbocycles. The highest BCUT2D eigenvalue weighted by Crippen LogP contribution is 2.22. The lowest BCUT2D eigenvalue weighted by Crippen LogP contribution is -2.12. The highest BCUT2D eigenvalue weighted by molar-refractivity contribution is 6.31. The number of benzene rings is 3. The lowest BCUT2D eigenvalue weighted by molar-refractivity contribution is 0.0992. The highest BCUT2D eigenvalue weighted by Gasteiger charge is 2.14. The van der Waals surface area contributed by atoms with E-state index in [4.69, 9.17) is 20.8 Å². The van der Waals surface area contributed by atoms with Gasteiger partial charge in [0.05, 0.1) is 6.54 Å². The number of anilines is 1. The standard InChI is InChI=1S/C26H19ClFN3O3/c27-23-14-20(28)7-5-19(23)15-31-12-11-25(30-31)29-26(32)24-10-9-22(34-24)16-33-21-8-6-17-3-1-2-4-18(17)13-21/h1-14H,15-16H2,(H,29,30,32). The fourth-order valence-corrected chi connectivity index (χ4v) is 3.73. The third kappa shape index (κ3) is 4.94.